The zero-order valence-corrected chi connectivity index (χ0v) is 17.0. The van der Waals surface area contributed by atoms with E-state index >= 15 is 0 Å². The van der Waals surface area contributed by atoms with Crippen molar-refractivity contribution in [3.63, 3.8) is 0 Å². The van der Waals surface area contributed by atoms with Gasteiger partial charge in [-0.1, -0.05) is 12.1 Å². The first-order valence-corrected chi connectivity index (χ1v) is 10.4. The number of benzene rings is 2. The molecule has 6 nitrogen and oxygen atoms in total. The number of rotatable bonds is 4. The molecule has 2 aromatic carbocycles. The molecular weight excluding hydrogens is 380 g/mol. The van der Waals surface area contributed by atoms with Crippen LogP contribution >= 0.6 is 0 Å². The van der Waals surface area contributed by atoms with E-state index < -0.39 is 0 Å². The minimum atomic E-state index is -0.339. The molecule has 3 aliphatic rings. The Hall–Kier alpha value is -3.15. The highest BCUT2D eigenvalue weighted by Gasteiger charge is 2.63. The van der Waals surface area contributed by atoms with Crippen molar-refractivity contribution < 1.29 is 19.1 Å². The smallest absolute Gasteiger partial charge is 0.310 e. The Labute approximate surface area is 175 Å². The van der Waals surface area contributed by atoms with Crippen molar-refractivity contribution in [3.05, 3.63) is 59.2 Å². The Morgan fingerprint density at radius 1 is 0.967 bits per heavy atom. The first-order chi connectivity index (χ1) is 14.4. The first-order valence-electron chi connectivity index (χ1n) is 10.4. The number of ether oxygens (including phenoxy) is 1. The van der Waals surface area contributed by atoms with Gasteiger partial charge in [-0.25, -0.2) is 0 Å². The number of nitrogens with one attached hydrogen (secondary N) is 2. The molecule has 2 N–H and O–H groups in total. The maximum Gasteiger partial charge on any atom is 0.310 e. The van der Waals surface area contributed by atoms with Gasteiger partial charge in [0, 0.05) is 22.9 Å². The standard InChI is InChI=1S/C24H24N2O4/c1-12-6-13(2)8-17(7-12)26-22(27)14-4-3-5-16(9-14)25-23(28)20-15-10-18-19(11-15)30-24(29)21(18)20/h3-9,15,18-21H,10-11H2,1-2H3,(H,25,28)(H,26,27)/t15-,18-,19-,20-,21+/m1/s1. The summed E-state index contributed by atoms with van der Waals surface area (Å²) in [7, 11) is 0. The predicted octanol–water partition coefficient (Wildman–Crippen LogP) is 3.69. The Kier molecular flexibility index (Phi) is 4.38. The van der Waals surface area contributed by atoms with Crippen molar-refractivity contribution in [2.45, 2.75) is 32.8 Å². The summed E-state index contributed by atoms with van der Waals surface area (Å²) in [6.07, 6.45) is 1.68. The quantitative estimate of drug-likeness (QED) is 0.761. The summed E-state index contributed by atoms with van der Waals surface area (Å²) in [5.41, 5.74) is 3.90. The predicted molar refractivity (Wildman–Crippen MR) is 112 cm³/mol. The largest absolute Gasteiger partial charge is 0.462 e. The third-order valence-electron chi connectivity index (χ3n) is 6.66. The van der Waals surface area contributed by atoms with E-state index in [-0.39, 0.29) is 47.6 Å². The van der Waals surface area contributed by atoms with Crippen LogP contribution < -0.4 is 10.6 Å². The molecule has 5 atom stereocenters. The van der Waals surface area contributed by atoms with Crippen LogP contribution in [0.1, 0.15) is 34.3 Å². The molecule has 5 rings (SSSR count). The van der Waals surface area contributed by atoms with Crippen molar-refractivity contribution in [2.24, 2.45) is 23.7 Å². The second-order valence-corrected chi connectivity index (χ2v) is 8.82. The fraction of sp³-hybridized carbons (Fsp3) is 0.375. The van der Waals surface area contributed by atoms with Crippen molar-refractivity contribution in [1.29, 1.82) is 0 Å². The van der Waals surface area contributed by atoms with E-state index in [9.17, 15) is 14.4 Å². The summed E-state index contributed by atoms with van der Waals surface area (Å²) in [6.45, 7) is 3.97. The van der Waals surface area contributed by atoms with Crippen molar-refractivity contribution >= 4 is 29.2 Å². The van der Waals surface area contributed by atoms with Gasteiger partial charge in [0.2, 0.25) is 5.91 Å². The molecule has 30 heavy (non-hydrogen) atoms. The van der Waals surface area contributed by atoms with E-state index in [4.69, 9.17) is 4.74 Å². The van der Waals surface area contributed by atoms with Crippen LogP contribution in [0, 0.1) is 37.5 Å². The van der Waals surface area contributed by atoms with E-state index in [0.29, 0.717) is 11.3 Å². The lowest BCUT2D eigenvalue weighted by Crippen LogP contribution is -2.35. The zero-order valence-electron chi connectivity index (χ0n) is 17.0. The van der Waals surface area contributed by atoms with Gasteiger partial charge in [0.15, 0.2) is 0 Å². The van der Waals surface area contributed by atoms with E-state index in [1.165, 1.54) is 0 Å². The van der Waals surface area contributed by atoms with Crippen LogP contribution in [0.15, 0.2) is 42.5 Å². The van der Waals surface area contributed by atoms with E-state index in [2.05, 4.69) is 10.6 Å². The number of anilines is 2. The van der Waals surface area contributed by atoms with Gasteiger partial charge in [0.05, 0.1) is 11.8 Å². The van der Waals surface area contributed by atoms with Crippen LogP contribution in [-0.4, -0.2) is 23.9 Å². The third kappa shape index (κ3) is 3.16. The molecule has 1 saturated heterocycles. The van der Waals surface area contributed by atoms with Crippen LogP contribution in [-0.2, 0) is 14.3 Å². The van der Waals surface area contributed by atoms with Crippen molar-refractivity contribution in [1.82, 2.24) is 0 Å². The maximum absolute atomic E-state index is 13.0. The van der Waals surface area contributed by atoms with E-state index in [0.717, 1.165) is 29.7 Å². The Morgan fingerprint density at radius 2 is 1.73 bits per heavy atom. The number of carbonyl (C=O) groups excluding carboxylic acids is 3. The van der Waals surface area contributed by atoms with Gasteiger partial charge in [-0.3, -0.25) is 14.4 Å². The van der Waals surface area contributed by atoms with E-state index in [1.807, 2.05) is 32.0 Å². The van der Waals surface area contributed by atoms with Gasteiger partial charge in [-0.05, 0) is 74.1 Å². The number of hydrogen-bond acceptors (Lipinski definition) is 4. The average molecular weight is 404 g/mol. The molecule has 3 fully saturated rings. The van der Waals surface area contributed by atoms with Gasteiger partial charge in [0.1, 0.15) is 6.10 Å². The van der Waals surface area contributed by atoms with Crippen molar-refractivity contribution in [2.75, 3.05) is 10.6 Å². The number of amides is 2. The fourth-order valence-corrected chi connectivity index (χ4v) is 5.58. The molecule has 0 radical (unpaired) electrons. The number of fused-ring (bicyclic) bond motifs is 1. The molecule has 2 bridgehead atoms. The molecule has 2 amide bonds. The fourth-order valence-electron chi connectivity index (χ4n) is 5.58. The highest BCUT2D eigenvalue weighted by atomic mass is 16.6. The monoisotopic (exact) mass is 404 g/mol. The lowest BCUT2D eigenvalue weighted by atomic mass is 9.79. The summed E-state index contributed by atoms with van der Waals surface area (Å²) >= 11 is 0. The van der Waals surface area contributed by atoms with Crippen LogP contribution in [0.3, 0.4) is 0 Å². The molecule has 6 heteroatoms. The molecule has 0 unspecified atom stereocenters. The molecule has 0 aromatic heterocycles. The van der Waals surface area contributed by atoms with Gasteiger partial charge in [0.25, 0.3) is 5.91 Å². The van der Waals surface area contributed by atoms with Gasteiger partial charge in [-0.15, -0.1) is 0 Å². The molecule has 2 aromatic rings. The average Bonchev–Trinajstić information content (AvgIpc) is 3.30. The van der Waals surface area contributed by atoms with E-state index in [1.54, 1.807) is 24.3 Å². The molecular formula is C24H24N2O4. The lowest BCUT2D eigenvalue weighted by molar-refractivity contribution is -0.145. The molecule has 2 saturated carbocycles. The molecule has 2 aliphatic carbocycles. The Balaban J connectivity index is 1.30. The summed E-state index contributed by atoms with van der Waals surface area (Å²) in [4.78, 5) is 37.8. The highest BCUT2D eigenvalue weighted by molar-refractivity contribution is 6.05. The highest BCUT2D eigenvalue weighted by Crippen LogP contribution is 2.57. The number of carbonyl (C=O) groups is 3. The second-order valence-electron chi connectivity index (χ2n) is 8.82. The SMILES string of the molecule is Cc1cc(C)cc(NC(=O)c2cccc(NC(=O)[C@@H]3[C@@H]4C[C@H]5[C@@H]3C(=O)O[C@@H]5C4)c2)c1. The molecule has 154 valence electrons. The van der Waals surface area contributed by atoms with Gasteiger partial charge >= 0.3 is 5.97 Å². The van der Waals surface area contributed by atoms with Crippen LogP contribution in [0.25, 0.3) is 0 Å². The molecule has 1 aliphatic heterocycles. The minimum absolute atomic E-state index is 0.00818. The summed E-state index contributed by atoms with van der Waals surface area (Å²) in [5.74, 6) is -0.888. The van der Waals surface area contributed by atoms with Crippen molar-refractivity contribution in [3.8, 4) is 0 Å². The number of aryl methyl sites for hydroxylation is 2. The van der Waals surface area contributed by atoms with Crippen LogP contribution in [0.4, 0.5) is 11.4 Å². The molecule has 0 spiro atoms. The van der Waals surface area contributed by atoms with Crippen LogP contribution in [0.5, 0.6) is 0 Å². The Morgan fingerprint density at radius 3 is 2.50 bits per heavy atom. The lowest BCUT2D eigenvalue weighted by Gasteiger charge is -2.23. The zero-order chi connectivity index (χ0) is 21.0. The topological polar surface area (TPSA) is 84.5 Å². The second kappa shape index (κ2) is 6.97. The number of hydrogen-bond donors (Lipinski definition) is 2. The first kappa shape index (κ1) is 18.9. The summed E-state index contributed by atoms with van der Waals surface area (Å²) < 4.78 is 5.42. The van der Waals surface area contributed by atoms with Gasteiger partial charge in [-0.2, -0.15) is 0 Å². The maximum atomic E-state index is 13.0. The van der Waals surface area contributed by atoms with Gasteiger partial charge < -0.3 is 15.4 Å². The summed E-state index contributed by atoms with van der Waals surface area (Å²) in [5, 5.41) is 5.83. The normalized spacial score (nSPS) is 28.3. The number of esters is 1. The molecule has 1 heterocycles. The third-order valence-corrected chi connectivity index (χ3v) is 6.66. The minimum Gasteiger partial charge on any atom is -0.462 e. The summed E-state index contributed by atoms with van der Waals surface area (Å²) in [6, 6.07) is 12.8. The van der Waals surface area contributed by atoms with Crippen LogP contribution in [0.2, 0.25) is 0 Å². The Bertz CT molecular complexity index is 1040.